The molecule has 0 aromatic heterocycles. The van der Waals surface area contributed by atoms with Crippen molar-refractivity contribution in [3.8, 4) is 5.75 Å². The second-order valence-corrected chi connectivity index (χ2v) is 7.09. The van der Waals surface area contributed by atoms with Crippen LogP contribution in [0.3, 0.4) is 0 Å². The quantitative estimate of drug-likeness (QED) is 0.847. The van der Waals surface area contributed by atoms with Crippen LogP contribution in [0.4, 0.5) is 0 Å². The molecule has 3 rings (SSSR count). The Kier molecular flexibility index (Phi) is 5.58. The Morgan fingerprint density at radius 2 is 1.74 bits per heavy atom. The molecule has 1 atom stereocenters. The first-order chi connectivity index (χ1) is 11.2. The summed E-state index contributed by atoms with van der Waals surface area (Å²) in [5, 5.41) is 3.18. The molecule has 0 spiro atoms. The second-order valence-electron chi connectivity index (χ2n) is 7.09. The van der Waals surface area contributed by atoms with Crippen molar-refractivity contribution in [1.29, 1.82) is 0 Å². The highest BCUT2D eigenvalue weighted by Crippen LogP contribution is 2.26. The number of benzene rings is 1. The molecule has 3 nitrogen and oxygen atoms in total. The molecule has 1 aromatic rings. The fraction of sp³-hybridized carbons (Fsp3) is 0.650. The summed E-state index contributed by atoms with van der Waals surface area (Å²) in [6.45, 7) is 1.85. The smallest absolute Gasteiger partial charge is 0.260 e. The number of amides is 1. The fourth-order valence-corrected chi connectivity index (χ4v) is 3.78. The van der Waals surface area contributed by atoms with Crippen molar-refractivity contribution in [2.24, 2.45) is 0 Å². The van der Waals surface area contributed by atoms with Crippen LogP contribution >= 0.6 is 0 Å². The van der Waals surface area contributed by atoms with E-state index in [0.29, 0.717) is 6.04 Å². The number of hydrogen-bond donors (Lipinski definition) is 1. The number of nitrogens with one attached hydrogen (secondary N) is 1. The Labute approximate surface area is 139 Å². The first-order valence-electron chi connectivity index (χ1n) is 9.31. The van der Waals surface area contributed by atoms with Crippen molar-refractivity contribution in [2.45, 2.75) is 83.3 Å². The Bertz CT molecular complexity index is 532. The Morgan fingerprint density at radius 1 is 1.04 bits per heavy atom. The summed E-state index contributed by atoms with van der Waals surface area (Å²) in [4.78, 5) is 12.4. The van der Waals surface area contributed by atoms with Crippen LogP contribution < -0.4 is 10.1 Å². The van der Waals surface area contributed by atoms with Gasteiger partial charge in [0.15, 0.2) is 6.10 Å². The van der Waals surface area contributed by atoms with Gasteiger partial charge in [-0.05, 0) is 68.7 Å². The van der Waals surface area contributed by atoms with Gasteiger partial charge in [0.1, 0.15) is 5.75 Å². The predicted molar refractivity (Wildman–Crippen MR) is 92.8 cm³/mol. The molecule has 2 aliphatic carbocycles. The molecule has 0 bridgehead atoms. The highest BCUT2D eigenvalue weighted by atomic mass is 16.5. The number of carbonyl (C=O) groups excluding carboxylic acids is 1. The van der Waals surface area contributed by atoms with Crippen LogP contribution in [0.15, 0.2) is 18.2 Å². The number of fused-ring (bicyclic) bond motifs is 1. The third-order valence-electron chi connectivity index (χ3n) is 5.20. The molecule has 1 fully saturated rings. The van der Waals surface area contributed by atoms with E-state index < -0.39 is 6.10 Å². The van der Waals surface area contributed by atoms with Crippen molar-refractivity contribution >= 4 is 5.91 Å². The fourth-order valence-electron chi connectivity index (χ4n) is 3.78. The van der Waals surface area contributed by atoms with Gasteiger partial charge in [0.05, 0.1) is 0 Å². The van der Waals surface area contributed by atoms with E-state index in [2.05, 4.69) is 17.4 Å². The summed E-state index contributed by atoms with van der Waals surface area (Å²) in [5.74, 6) is 0.851. The summed E-state index contributed by atoms with van der Waals surface area (Å²) in [6.07, 6.45) is 11.7. The lowest BCUT2D eigenvalue weighted by Gasteiger charge is -2.21. The van der Waals surface area contributed by atoms with E-state index in [1.165, 1.54) is 56.1 Å². The van der Waals surface area contributed by atoms with Crippen molar-refractivity contribution in [3.63, 3.8) is 0 Å². The molecule has 0 heterocycles. The molecule has 1 saturated carbocycles. The summed E-state index contributed by atoms with van der Waals surface area (Å²) >= 11 is 0. The minimum atomic E-state index is -0.431. The SMILES string of the molecule is C[C@H](Oc1ccc2c(c1)CCCC2)C(=O)NC1CCCCCC1. The van der Waals surface area contributed by atoms with Crippen LogP contribution in [0.1, 0.15) is 69.4 Å². The van der Waals surface area contributed by atoms with Crippen LogP contribution in [-0.4, -0.2) is 18.1 Å². The minimum absolute atomic E-state index is 0.0228. The molecule has 3 heteroatoms. The van der Waals surface area contributed by atoms with Crippen molar-refractivity contribution in [1.82, 2.24) is 5.32 Å². The van der Waals surface area contributed by atoms with Gasteiger partial charge < -0.3 is 10.1 Å². The zero-order chi connectivity index (χ0) is 16.1. The average molecular weight is 315 g/mol. The molecule has 126 valence electrons. The zero-order valence-electron chi connectivity index (χ0n) is 14.3. The minimum Gasteiger partial charge on any atom is -0.481 e. The topological polar surface area (TPSA) is 38.3 Å². The van der Waals surface area contributed by atoms with E-state index >= 15 is 0 Å². The standard InChI is InChI=1S/C20H29NO2/c1-15(20(22)21-18-10-4-2-3-5-11-18)23-19-13-12-16-8-6-7-9-17(16)14-19/h12-15,18H,2-11H2,1H3,(H,21,22)/t15-/m0/s1. The average Bonchev–Trinajstić information content (AvgIpc) is 2.83. The lowest BCUT2D eigenvalue weighted by molar-refractivity contribution is -0.128. The third kappa shape index (κ3) is 4.49. The van der Waals surface area contributed by atoms with Crippen LogP contribution in [0.25, 0.3) is 0 Å². The van der Waals surface area contributed by atoms with E-state index in [4.69, 9.17) is 4.74 Å². The number of carbonyl (C=O) groups is 1. The van der Waals surface area contributed by atoms with Gasteiger partial charge in [0.2, 0.25) is 0 Å². The van der Waals surface area contributed by atoms with E-state index in [9.17, 15) is 4.79 Å². The highest BCUT2D eigenvalue weighted by molar-refractivity contribution is 5.81. The monoisotopic (exact) mass is 315 g/mol. The van der Waals surface area contributed by atoms with Gasteiger partial charge in [-0.1, -0.05) is 31.7 Å². The van der Waals surface area contributed by atoms with Gasteiger partial charge in [-0.15, -0.1) is 0 Å². The first kappa shape index (κ1) is 16.4. The molecule has 2 aliphatic rings. The van der Waals surface area contributed by atoms with Gasteiger partial charge in [-0.25, -0.2) is 0 Å². The molecular formula is C20H29NO2. The molecule has 0 radical (unpaired) electrons. The second kappa shape index (κ2) is 7.85. The number of hydrogen-bond acceptors (Lipinski definition) is 2. The first-order valence-corrected chi connectivity index (χ1v) is 9.31. The maximum atomic E-state index is 12.4. The molecule has 0 aliphatic heterocycles. The predicted octanol–water partition coefficient (Wildman–Crippen LogP) is 4.17. The Morgan fingerprint density at radius 3 is 2.48 bits per heavy atom. The Hall–Kier alpha value is -1.51. The van der Waals surface area contributed by atoms with Crippen molar-refractivity contribution < 1.29 is 9.53 Å². The summed E-state index contributed by atoms with van der Waals surface area (Å²) in [6, 6.07) is 6.64. The molecule has 0 unspecified atom stereocenters. The van der Waals surface area contributed by atoms with Crippen molar-refractivity contribution in [3.05, 3.63) is 29.3 Å². The Balaban J connectivity index is 1.55. The van der Waals surface area contributed by atoms with Crippen LogP contribution in [0, 0.1) is 0 Å². The third-order valence-corrected chi connectivity index (χ3v) is 5.20. The van der Waals surface area contributed by atoms with Gasteiger partial charge in [0.25, 0.3) is 5.91 Å². The number of aryl methyl sites for hydroxylation is 2. The van der Waals surface area contributed by atoms with Crippen LogP contribution in [-0.2, 0) is 17.6 Å². The summed E-state index contributed by atoms with van der Waals surface area (Å²) < 4.78 is 5.90. The highest BCUT2D eigenvalue weighted by Gasteiger charge is 2.20. The maximum absolute atomic E-state index is 12.4. The summed E-state index contributed by atoms with van der Waals surface area (Å²) in [7, 11) is 0. The zero-order valence-corrected chi connectivity index (χ0v) is 14.3. The molecule has 1 amide bonds. The van der Waals surface area contributed by atoms with E-state index in [1.54, 1.807) is 0 Å². The van der Waals surface area contributed by atoms with Crippen LogP contribution in [0.2, 0.25) is 0 Å². The molecule has 0 saturated heterocycles. The van der Waals surface area contributed by atoms with E-state index in [-0.39, 0.29) is 5.91 Å². The van der Waals surface area contributed by atoms with Crippen molar-refractivity contribution in [2.75, 3.05) is 0 Å². The molecule has 1 aromatic carbocycles. The van der Waals surface area contributed by atoms with Gasteiger partial charge in [-0.2, -0.15) is 0 Å². The van der Waals surface area contributed by atoms with E-state index in [1.807, 2.05) is 13.0 Å². The van der Waals surface area contributed by atoms with Gasteiger partial charge in [-0.3, -0.25) is 4.79 Å². The number of ether oxygens (including phenoxy) is 1. The van der Waals surface area contributed by atoms with E-state index in [0.717, 1.165) is 25.0 Å². The molecular weight excluding hydrogens is 286 g/mol. The summed E-state index contributed by atoms with van der Waals surface area (Å²) in [5.41, 5.74) is 2.84. The lowest BCUT2D eigenvalue weighted by atomic mass is 9.92. The molecule has 1 N–H and O–H groups in total. The number of rotatable bonds is 4. The largest absolute Gasteiger partial charge is 0.481 e. The maximum Gasteiger partial charge on any atom is 0.260 e. The lowest BCUT2D eigenvalue weighted by Crippen LogP contribution is -2.42. The normalized spacial score (nSPS) is 20.2. The van der Waals surface area contributed by atoms with Gasteiger partial charge >= 0.3 is 0 Å². The molecule has 23 heavy (non-hydrogen) atoms. The van der Waals surface area contributed by atoms with Crippen LogP contribution in [0.5, 0.6) is 5.75 Å². The van der Waals surface area contributed by atoms with Gasteiger partial charge in [0, 0.05) is 6.04 Å².